The number of rotatable bonds is 6. The Morgan fingerprint density at radius 2 is 1.63 bits per heavy atom. The Hall–Kier alpha value is -4.66. The summed E-state index contributed by atoms with van der Waals surface area (Å²) in [6.07, 6.45) is -0.851. The lowest BCUT2D eigenvalue weighted by Crippen LogP contribution is -2.45. The van der Waals surface area contributed by atoms with E-state index in [0.29, 0.717) is 0 Å². The fourth-order valence-electron chi connectivity index (χ4n) is 4.29. The number of phenols is 2. The number of nitrogens with zero attached hydrogens (tertiary/aromatic N) is 3. The lowest BCUT2D eigenvalue weighted by molar-refractivity contribution is -0.143. The van der Waals surface area contributed by atoms with Crippen LogP contribution in [0.2, 0.25) is 0 Å². The number of amides is 5. The molecule has 0 saturated carbocycles. The van der Waals surface area contributed by atoms with Gasteiger partial charge in [-0.25, -0.2) is 19.6 Å². The van der Waals surface area contributed by atoms with Gasteiger partial charge < -0.3 is 30.7 Å². The van der Waals surface area contributed by atoms with Gasteiger partial charge in [0.05, 0.1) is 23.2 Å². The number of carbonyl (C=O) groups is 6. The third-order valence-corrected chi connectivity index (χ3v) is 5.88. The number of hydrazine groups is 1. The molecule has 0 unspecified atom stereocenters. The van der Waals surface area contributed by atoms with Crippen molar-refractivity contribution in [2.75, 3.05) is 26.2 Å². The average Bonchev–Trinajstić information content (AvgIpc) is 3.39. The second kappa shape index (κ2) is 9.33. The molecule has 0 radical (unpaired) electrons. The van der Waals surface area contributed by atoms with Gasteiger partial charge in [0.1, 0.15) is 11.6 Å². The van der Waals surface area contributed by atoms with E-state index in [1.54, 1.807) is 20.8 Å². The van der Waals surface area contributed by atoms with Crippen molar-refractivity contribution < 1.29 is 48.8 Å². The molecule has 1 atom stereocenters. The molecule has 1 aromatic carbocycles. The number of nitrogens with one attached hydrogen (secondary N) is 2. The van der Waals surface area contributed by atoms with Crippen molar-refractivity contribution in [1.29, 1.82) is 0 Å². The van der Waals surface area contributed by atoms with Crippen molar-refractivity contribution >= 4 is 35.7 Å². The summed E-state index contributed by atoms with van der Waals surface area (Å²) in [7, 11) is 0. The van der Waals surface area contributed by atoms with Crippen molar-refractivity contribution in [3.8, 4) is 11.5 Å². The Labute approximate surface area is 215 Å². The highest BCUT2D eigenvalue weighted by Gasteiger charge is 2.49. The second-order valence-corrected chi connectivity index (χ2v) is 9.73. The molecular formula is C23H25N5O10. The quantitative estimate of drug-likeness (QED) is 0.225. The first-order chi connectivity index (χ1) is 17.7. The predicted octanol–water partition coefficient (Wildman–Crippen LogP) is -0.885. The van der Waals surface area contributed by atoms with Gasteiger partial charge in [-0.2, -0.15) is 0 Å². The number of alkyl carbamates (subject to hydrolysis) is 1. The van der Waals surface area contributed by atoms with Crippen LogP contribution in [0.3, 0.4) is 0 Å². The highest BCUT2D eigenvalue weighted by Crippen LogP contribution is 2.33. The van der Waals surface area contributed by atoms with Gasteiger partial charge in [-0.1, -0.05) is 0 Å². The maximum Gasteiger partial charge on any atom is 0.408 e. The summed E-state index contributed by atoms with van der Waals surface area (Å²) in [6, 6.07) is 0.849. The van der Waals surface area contributed by atoms with E-state index in [0.717, 1.165) is 22.0 Å². The summed E-state index contributed by atoms with van der Waals surface area (Å²) in [5.41, 5.74) is -1.82. The van der Waals surface area contributed by atoms with Gasteiger partial charge in [0.15, 0.2) is 17.2 Å². The van der Waals surface area contributed by atoms with Crippen LogP contribution >= 0.6 is 0 Å². The molecular weight excluding hydrogens is 506 g/mol. The van der Waals surface area contributed by atoms with Crippen LogP contribution in [0, 0.1) is 0 Å². The summed E-state index contributed by atoms with van der Waals surface area (Å²) in [4.78, 5) is 75.5. The van der Waals surface area contributed by atoms with Crippen molar-refractivity contribution in [3.63, 3.8) is 0 Å². The van der Waals surface area contributed by atoms with Crippen molar-refractivity contribution in [1.82, 2.24) is 25.6 Å². The van der Waals surface area contributed by atoms with Crippen LogP contribution in [0.4, 0.5) is 4.79 Å². The third-order valence-electron chi connectivity index (χ3n) is 5.88. The minimum atomic E-state index is -1.54. The molecule has 0 spiro atoms. The van der Waals surface area contributed by atoms with Crippen LogP contribution in [0.1, 0.15) is 41.5 Å². The minimum Gasteiger partial charge on any atom is -0.504 e. The zero-order chi connectivity index (χ0) is 28.1. The Balaban J connectivity index is 1.41. The lowest BCUT2D eigenvalue weighted by Gasteiger charge is -2.21. The van der Waals surface area contributed by atoms with Crippen LogP contribution < -0.4 is 10.6 Å². The zero-order valence-electron chi connectivity index (χ0n) is 20.6. The van der Waals surface area contributed by atoms with Gasteiger partial charge in [-0.3, -0.25) is 24.1 Å². The van der Waals surface area contributed by atoms with Crippen molar-refractivity contribution in [2.24, 2.45) is 0 Å². The number of aromatic hydroxyl groups is 2. The lowest BCUT2D eigenvalue weighted by atomic mass is 10.1. The molecule has 1 saturated heterocycles. The fourth-order valence-corrected chi connectivity index (χ4v) is 4.29. The Morgan fingerprint density at radius 1 is 1.05 bits per heavy atom. The van der Waals surface area contributed by atoms with Gasteiger partial charge in [0, 0.05) is 19.6 Å². The Kier molecular flexibility index (Phi) is 6.48. The molecule has 5 N–H and O–H groups in total. The van der Waals surface area contributed by atoms with Crippen LogP contribution in [0.25, 0.3) is 0 Å². The number of phenolic OH excluding ortho intramolecular Hbond substituents is 2. The first-order valence-electron chi connectivity index (χ1n) is 11.4. The average molecular weight is 531 g/mol. The van der Waals surface area contributed by atoms with E-state index >= 15 is 0 Å². The van der Waals surface area contributed by atoms with Gasteiger partial charge in [-0.05, 0) is 32.9 Å². The van der Waals surface area contributed by atoms with Gasteiger partial charge in [0.2, 0.25) is 0 Å². The van der Waals surface area contributed by atoms with E-state index in [-0.39, 0.29) is 42.9 Å². The molecule has 1 aromatic rings. The number of carboxylic acid groups (broad SMARTS) is 1. The molecule has 38 heavy (non-hydrogen) atoms. The maximum atomic E-state index is 12.9. The molecule has 0 bridgehead atoms. The van der Waals surface area contributed by atoms with Gasteiger partial charge >= 0.3 is 12.1 Å². The zero-order valence-corrected chi connectivity index (χ0v) is 20.6. The van der Waals surface area contributed by atoms with Gasteiger partial charge in [-0.15, -0.1) is 0 Å². The molecule has 0 aromatic heterocycles. The SMILES string of the molecule is CC(C)(C)OC(=O)N[C@H]1CN2CC(C(=O)NCCN3C(=O)c4cc(O)c(O)cc4C3=O)=C(C(=O)O)N2C1=O. The molecule has 202 valence electrons. The van der Waals surface area contributed by atoms with Crippen LogP contribution in [-0.4, -0.2) is 104 Å². The first kappa shape index (κ1) is 26.4. The molecule has 3 aliphatic rings. The second-order valence-electron chi connectivity index (χ2n) is 9.73. The minimum absolute atomic E-state index is 0.0969. The molecule has 5 amide bonds. The van der Waals surface area contributed by atoms with E-state index < -0.39 is 64.5 Å². The Bertz CT molecular complexity index is 1270. The summed E-state index contributed by atoms with van der Waals surface area (Å²) in [6.45, 7) is 4.08. The standard InChI is InChI=1S/C23H25N5O10/c1-23(2,3)38-22(37)25-13-9-26-8-12(16(21(35)36)28(26)20(13)34)17(31)24-4-5-27-18(32)10-6-14(29)15(30)7-11(10)19(27)33/h6-7,13,29-30H,4-5,8-9H2,1-3H3,(H,24,31)(H,25,37)(H,35,36)/t13-/m0/s1. The number of hydrogen-bond acceptors (Lipinski definition) is 10. The summed E-state index contributed by atoms with van der Waals surface area (Å²) >= 11 is 0. The smallest absolute Gasteiger partial charge is 0.408 e. The van der Waals surface area contributed by atoms with Crippen LogP contribution in [0.15, 0.2) is 23.4 Å². The third kappa shape index (κ3) is 4.70. The fraction of sp³-hybridized carbons (Fsp3) is 0.391. The number of hydrogen-bond donors (Lipinski definition) is 5. The largest absolute Gasteiger partial charge is 0.504 e. The summed E-state index contributed by atoms with van der Waals surface area (Å²) in [5, 5.41) is 35.9. The molecule has 0 aliphatic carbocycles. The normalized spacial score (nSPS) is 19.1. The number of carbonyl (C=O) groups excluding carboxylic acids is 5. The number of aliphatic carboxylic acids is 1. The monoisotopic (exact) mass is 531 g/mol. The number of benzene rings is 1. The summed E-state index contributed by atoms with van der Waals surface area (Å²) < 4.78 is 5.13. The number of carboxylic acids is 1. The molecule has 3 aliphatic heterocycles. The molecule has 1 fully saturated rings. The molecule has 4 rings (SSSR count). The predicted molar refractivity (Wildman–Crippen MR) is 124 cm³/mol. The number of fused-ring (bicyclic) bond motifs is 2. The van der Waals surface area contributed by atoms with Crippen molar-refractivity contribution in [3.05, 3.63) is 34.5 Å². The molecule has 15 nitrogen and oxygen atoms in total. The topological polar surface area (TPSA) is 206 Å². The maximum absolute atomic E-state index is 12.9. The van der Waals surface area contributed by atoms with E-state index in [1.165, 1.54) is 5.01 Å². The molecule has 15 heteroatoms. The highest BCUT2D eigenvalue weighted by molar-refractivity contribution is 6.21. The molecule has 3 heterocycles. The van der Waals surface area contributed by atoms with E-state index in [2.05, 4.69) is 10.6 Å². The van der Waals surface area contributed by atoms with Crippen LogP contribution in [0.5, 0.6) is 11.5 Å². The number of ether oxygens (including phenoxy) is 1. The first-order valence-corrected chi connectivity index (χ1v) is 11.4. The van der Waals surface area contributed by atoms with Crippen molar-refractivity contribution in [2.45, 2.75) is 32.4 Å². The highest BCUT2D eigenvalue weighted by atomic mass is 16.6. The summed E-state index contributed by atoms with van der Waals surface area (Å²) in [5.74, 6) is -5.72. The van der Waals surface area contributed by atoms with Gasteiger partial charge in [0.25, 0.3) is 23.6 Å². The van der Waals surface area contributed by atoms with E-state index in [9.17, 15) is 44.1 Å². The number of imide groups is 1. The van der Waals surface area contributed by atoms with Crippen LogP contribution in [-0.2, 0) is 19.1 Å². The Morgan fingerprint density at radius 3 is 2.16 bits per heavy atom. The van der Waals surface area contributed by atoms with E-state index in [4.69, 9.17) is 4.74 Å². The van der Waals surface area contributed by atoms with E-state index in [1.807, 2.05) is 0 Å².